The van der Waals surface area contributed by atoms with E-state index in [1.165, 1.54) is 0 Å². The molecule has 1 aliphatic heterocycles. The standard InChI is InChI=1S/C25H33N3O4/c1-17-14-26-18(2)16-32-22-11-10-20(27-24(29)12-19-8-6-5-7-9-19)13-21(22)25(30)28(3)15-23(17)31-4/h5-11,13,17-18,23,26H,12,14-16H2,1-4H3,(H,27,29)/t17-,18+,23-/m1/s1. The number of likely N-dealkylation sites (N-methyl/N-ethyl adjacent to an activating group) is 1. The summed E-state index contributed by atoms with van der Waals surface area (Å²) in [5, 5.41) is 6.36. The molecule has 0 aromatic heterocycles. The van der Waals surface area contributed by atoms with E-state index >= 15 is 0 Å². The highest BCUT2D eigenvalue weighted by Crippen LogP contribution is 2.26. The number of nitrogens with zero attached hydrogens (tertiary/aromatic N) is 1. The van der Waals surface area contributed by atoms with Crippen molar-refractivity contribution in [1.29, 1.82) is 0 Å². The van der Waals surface area contributed by atoms with Crippen molar-refractivity contribution in [1.82, 2.24) is 10.2 Å². The molecule has 0 saturated heterocycles. The van der Waals surface area contributed by atoms with Crippen LogP contribution in [0.4, 0.5) is 5.69 Å². The highest BCUT2D eigenvalue weighted by molar-refractivity contribution is 5.99. The van der Waals surface area contributed by atoms with E-state index in [1.807, 2.05) is 37.3 Å². The molecule has 0 spiro atoms. The van der Waals surface area contributed by atoms with Gasteiger partial charge in [0, 0.05) is 39.0 Å². The summed E-state index contributed by atoms with van der Waals surface area (Å²) in [7, 11) is 3.43. The van der Waals surface area contributed by atoms with Gasteiger partial charge in [-0.1, -0.05) is 37.3 Å². The predicted molar refractivity (Wildman–Crippen MR) is 125 cm³/mol. The van der Waals surface area contributed by atoms with Crippen molar-refractivity contribution >= 4 is 17.5 Å². The normalized spacial score (nSPS) is 22.2. The monoisotopic (exact) mass is 439 g/mol. The summed E-state index contributed by atoms with van der Waals surface area (Å²) in [5.41, 5.74) is 1.90. The van der Waals surface area contributed by atoms with Gasteiger partial charge in [0.2, 0.25) is 5.91 Å². The lowest BCUT2D eigenvalue weighted by Gasteiger charge is -2.30. The second-order valence-electron chi connectivity index (χ2n) is 8.48. The summed E-state index contributed by atoms with van der Waals surface area (Å²) >= 11 is 0. The number of hydrogen-bond donors (Lipinski definition) is 2. The highest BCUT2D eigenvalue weighted by Gasteiger charge is 2.25. The lowest BCUT2D eigenvalue weighted by atomic mass is 10.0. The number of carbonyl (C=O) groups is 2. The van der Waals surface area contributed by atoms with Crippen LogP contribution in [0.1, 0.15) is 29.8 Å². The lowest BCUT2D eigenvalue weighted by Crippen LogP contribution is -2.44. The maximum absolute atomic E-state index is 13.3. The Balaban J connectivity index is 1.82. The number of rotatable bonds is 4. The first-order valence-electron chi connectivity index (χ1n) is 11.0. The van der Waals surface area contributed by atoms with Gasteiger partial charge in [-0.05, 0) is 36.6 Å². The number of fused-ring (bicyclic) bond motifs is 1. The number of amides is 2. The SMILES string of the molecule is CO[C@@H]1CN(C)C(=O)c2cc(NC(=O)Cc3ccccc3)ccc2OC[C@H](C)NC[C@H]1C. The van der Waals surface area contributed by atoms with Crippen LogP contribution in [0, 0.1) is 5.92 Å². The highest BCUT2D eigenvalue weighted by atomic mass is 16.5. The van der Waals surface area contributed by atoms with E-state index in [2.05, 4.69) is 17.6 Å². The van der Waals surface area contributed by atoms with E-state index in [4.69, 9.17) is 9.47 Å². The van der Waals surface area contributed by atoms with Crippen molar-refractivity contribution in [2.75, 3.05) is 39.2 Å². The maximum Gasteiger partial charge on any atom is 0.257 e. The Morgan fingerprint density at radius 3 is 2.69 bits per heavy atom. The van der Waals surface area contributed by atoms with Crippen LogP contribution >= 0.6 is 0 Å². The van der Waals surface area contributed by atoms with Crippen LogP contribution < -0.4 is 15.4 Å². The van der Waals surface area contributed by atoms with Gasteiger partial charge in [-0.15, -0.1) is 0 Å². The number of carbonyl (C=O) groups excluding carboxylic acids is 2. The third kappa shape index (κ3) is 6.31. The third-order valence-electron chi connectivity index (χ3n) is 5.72. The molecular formula is C25H33N3O4. The Hall–Kier alpha value is -2.90. The van der Waals surface area contributed by atoms with Crippen LogP contribution in [0.25, 0.3) is 0 Å². The number of ether oxygens (including phenoxy) is 2. The molecule has 0 saturated carbocycles. The smallest absolute Gasteiger partial charge is 0.257 e. The summed E-state index contributed by atoms with van der Waals surface area (Å²) in [4.78, 5) is 27.4. The zero-order valence-electron chi connectivity index (χ0n) is 19.3. The summed E-state index contributed by atoms with van der Waals surface area (Å²) in [6.45, 7) is 5.80. The van der Waals surface area contributed by atoms with Crippen molar-refractivity contribution in [3.63, 3.8) is 0 Å². The van der Waals surface area contributed by atoms with Crippen molar-refractivity contribution < 1.29 is 19.1 Å². The first kappa shape index (κ1) is 23.8. The largest absolute Gasteiger partial charge is 0.491 e. The van der Waals surface area contributed by atoms with Gasteiger partial charge < -0.3 is 25.0 Å². The molecule has 0 radical (unpaired) electrons. The first-order valence-corrected chi connectivity index (χ1v) is 11.0. The minimum Gasteiger partial charge on any atom is -0.491 e. The molecule has 2 aromatic rings. The number of benzene rings is 2. The molecule has 7 nitrogen and oxygen atoms in total. The van der Waals surface area contributed by atoms with Gasteiger partial charge in [0.05, 0.1) is 18.1 Å². The summed E-state index contributed by atoms with van der Waals surface area (Å²) in [6.07, 6.45) is 0.167. The second-order valence-corrected chi connectivity index (χ2v) is 8.48. The van der Waals surface area contributed by atoms with E-state index in [1.54, 1.807) is 37.3 Å². The van der Waals surface area contributed by atoms with Crippen LogP contribution in [0.5, 0.6) is 5.75 Å². The lowest BCUT2D eigenvalue weighted by molar-refractivity contribution is -0.115. The summed E-state index contributed by atoms with van der Waals surface area (Å²) < 4.78 is 11.6. The molecule has 0 unspecified atom stereocenters. The average Bonchev–Trinajstić information content (AvgIpc) is 2.79. The molecule has 7 heteroatoms. The zero-order valence-corrected chi connectivity index (χ0v) is 19.3. The predicted octanol–water partition coefficient (Wildman–Crippen LogP) is 2.96. The van der Waals surface area contributed by atoms with E-state index < -0.39 is 0 Å². The Bertz CT molecular complexity index is 919. The molecular weight excluding hydrogens is 406 g/mol. The van der Waals surface area contributed by atoms with Gasteiger partial charge in [-0.25, -0.2) is 0 Å². The Labute approximate surface area is 190 Å². The van der Waals surface area contributed by atoms with Crippen LogP contribution in [-0.2, 0) is 16.0 Å². The number of hydrogen-bond acceptors (Lipinski definition) is 5. The molecule has 3 atom stereocenters. The molecule has 0 fully saturated rings. The fourth-order valence-corrected chi connectivity index (χ4v) is 3.72. The van der Waals surface area contributed by atoms with E-state index in [-0.39, 0.29) is 36.3 Å². The fourth-order valence-electron chi connectivity index (χ4n) is 3.72. The molecule has 1 aliphatic rings. The van der Waals surface area contributed by atoms with E-state index in [9.17, 15) is 9.59 Å². The van der Waals surface area contributed by atoms with Crippen molar-refractivity contribution in [3.8, 4) is 5.75 Å². The molecule has 32 heavy (non-hydrogen) atoms. The van der Waals surface area contributed by atoms with Crippen LogP contribution in [0.3, 0.4) is 0 Å². The average molecular weight is 440 g/mol. The van der Waals surface area contributed by atoms with Gasteiger partial charge in [-0.3, -0.25) is 9.59 Å². The minimum atomic E-state index is -0.172. The Morgan fingerprint density at radius 2 is 1.97 bits per heavy atom. The third-order valence-corrected chi connectivity index (χ3v) is 5.72. The maximum atomic E-state index is 13.3. The number of methoxy groups -OCH3 is 1. The van der Waals surface area contributed by atoms with E-state index in [0.717, 1.165) is 12.1 Å². The molecule has 2 amide bonds. The fraction of sp³-hybridized carbons (Fsp3) is 0.440. The Morgan fingerprint density at radius 1 is 1.22 bits per heavy atom. The quantitative estimate of drug-likeness (QED) is 0.766. The second kappa shape index (κ2) is 11.1. The van der Waals surface area contributed by atoms with Gasteiger partial charge >= 0.3 is 0 Å². The minimum absolute atomic E-state index is 0.0961. The molecule has 172 valence electrons. The molecule has 1 heterocycles. The van der Waals surface area contributed by atoms with Crippen molar-refractivity contribution in [3.05, 3.63) is 59.7 Å². The number of nitrogens with one attached hydrogen (secondary N) is 2. The van der Waals surface area contributed by atoms with E-state index in [0.29, 0.717) is 30.2 Å². The van der Waals surface area contributed by atoms with Gasteiger partial charge in [0.25, 0.3) is 5.91 Å². The molecule has 0 bridgehead atoms. The van der Waals surface area contributed by atoms with Gasteiger partial charge in [0.1, 0.15) is 12.4 Å². The molecule has 0 aliphatic carbocycles. The zero-order chi connectivity index (χ0) is 23.1. The summed E-state index contributed by atoms with van der Waals surface area (Å²) in [5.74, 6) is 0.408. The molecule has 3 rings (SSSR count). The van der Waals surface area contributed by atoms with Crippen LogP contribution in [0.2, 0.25) is 0 Å². The van der Waals surface area contributed by atoms with Crippen LogP contribution in [0.15, 0.2) is 48.5 Å². The van der Waals surface area contributed by atoms with Crippen molar-refractivity contribution in [2.24, 2.45) is 5.92 Å². The van der Waals surface area contributed by atoms with Gasteiger partial charge in [0.15, 0.2) is 0 Å². The molecule has 2 aromatic carbocycles. The van der Waals surface area contributed by atoms with Gasteiger partial charge in [-0.2, -0.15) is 0 Å². The van der Waals surface area contributed by atoms with Crippen LogP contribution in [-0.4, -0.2) is 62.7 Å². The molecule has 2 N–H and O–H groups in total. The number of anilines is 1. The Kier molecular flexibility index (Phi) is 8.25. The van der Waals surface area contributed by atoms with Crippen molar-refractivity contribution in [2.45, 2.75) is 32.4 Å². The first-order chi connectivity index (χ1) is 15.4. The summed E-state index contributed by atoms with van der Waals surface area (Å²) in [6, 6.07) is 14.8. The topological polar surface area (TPSA) is 79.9 Å².